The number of anilines is 1. The second kappa shape index (κ2) is 9.22. The van der Waals surface area contributed by atoms with Crippen molar-refractivity contribution in [3.63, 3.8) is 0 Å². The summed E-state index contributed by atoms with van der Waals surface area (Å²) in [6.45, 7) is 1.06. The van der Waals surface area contributed by atoms with Crippen molar-refractivity contribution in [2.75, 3.05) is 18.0 Å². The van der Waals surface area contributed by atoms with Crippen LogP contribution in [0.2, 0.25) is 10.0 Å². The number of benzene rings is 2. The van der Waals surface area contributed by atoms with E-state index in [9.17, 15) is 24.8 Å². The number of halogens is 2. The number of nitriles is 1. The Kier molecular flexibility index (Phi) is 6.22. The topological polar surface area (TPSA) is 114 Å². The molecule has 3 amide bonds. The number of urea groups is 1. The molecule has 2 aromatic carbocycles. The van der Waals surface area contributed by atoms with Crippen LogP contribution in [0.15, 0.2) is 53.9 Å². The number of hydrogen-bond donors (Lipinski definition) is 2. The molecule has 36 heavy (non-hydrogen) atoms. The molecule has 0 radical (unpaired) electrons. The molecule has 182 valence electrons. The number of carboxylic acids is 1. The number of nitrogens with zero attached hydrogens (tertiary/aromatic N) is 3. The van der Waals surface area contributed by atoms with Gasteiger partial charge in [0.05, 0.1) is 22.9 Å². The molecule has 3 aromatic rings. The van der Waals surface area contributed by atoms with Crippen LogP contribution in [-0.2, 0) is 11.3 Å². The summed E-state index contributed by atoms with van der Waals surface area (Å²) in [6.07, 6.45) is 0. The maximum absolute atomic E-state index is 14.0. The predicted molar refractivity (Wildman–Crippen MR) is 136 cm³/mol. The highest BCUT2D eigenvalue weighted by molar-refractivity contribution is 7.10. The van der Waals surface area contributed by atoms with Gasteiger partial charge in [0, 0.05) is 45.9 Å². The minimum absolute atomic E-state index is 0.210. The zero-order valence-corrected chi connectivity index (χ0v) is 20.9. The van der Waals surface area contributed by atoms with Gasteiger partial charge in [0.25, 0.3) is 5.91 Å². The first kappa shape index (κ1) is 24.3. The third-order valence-electron chi connectivity index (χ3n) is 6.45. The molecule has 0 unspecified atom stereocenters. The number of nitrogens with one attached hydrogen (secondary N) is 1. The van der Waals surface area contributed by atoms with E-state index < -0.39 is 29.4 Å². The Balaban J connectivity index is 1.52. The van der Waals surface area contributed by atoms with E-state index in [4.69, 9.17) is 23.2 Å². The first-order valence-corrected chi connectivity index (χ1v) is 12.5. The Labute approximate surface area is 220 Å². The number of amides is 3. The minimum Gasteiger partial charge on any atom is -0.478 e. The van der Waals surface area contributed by atoms with Gasteiger partial charge in [0.1, 0.15) is 5.54 Å². The van der Waals surface area contributed by atoms with E-state index in [-0.39, 0.29) is 17.8 Å². The number of hydrogen-bond acceptors (Lipinski definition) is 6. The number of rotatable bonds is 5. The molecule has 2 N–H and O–H groups in total. The van der Waals surface area contributed by atoms with Crippen LogP contribution in [0.3, 0.4) is 0 Å². The smallest absolute Gasteiger partial charge is 0.336 e. The fraction of sp³-hybridized carbons (Fsp3) is 0.200. The maximum Gasteiger partial charge on any atom is 0.336 e. The first-order chi connectivity index (χ1) is 17.2. The average molecular weight is 541 g/mol. The third kappa shape index (κ3) is 4.22. The largest absolute Gasteiger partial charge is 0.478 e. The lowest BCUT2D eigenvalue weighted by Gasteiger charge is -2.28. The summed E-state index contributed by atoms with van der Waals surface area (Å²) in [5.74, 6) is -1.85. The Morgan fingerprint density at radius 3 is 2.47 bits per heavy atom. The SMILES string of the molecule is N#Cc1ccc([C@@H]2CN(Cc3cc(C(=O)O)cs3)C[C@@]23NC(=O)N(c2cc(Cl)cc(Cl)c2)C3=O)cc1. The minimum atomic E-state index is -1.27. The molecule has 2 aliphatic heterocycles. The van der Waals surface area contributed by atoms with Gasteiger partial charge in [-0.3, -0.25) is 9.69 Å². The summed E-state index contributed by atoms with van der Waals surface area (Å²) in [4.78, 5) is 42.3. The predicted octanol–water partition coefficient (Wildman–Crippen LogP) is 4.72. The van der Waals surface area contributed by atoms with Crippen molar-refractivity contribution in [2.24, 2.45) is 0 Å². The van der Waals surface area contributed by atoms with Crippen LogP contribution in [-0.4, -0.2) is 46.5 Å². The summed E-state index contributed by atoms with van der Waals surface area (Å²) in [7, 11) is 0. The molecule has 11 heteroatoms. The summed E-state index contributed by atoms with van der Waals surface area (Å²) < 4.78 is 0. The van der Waals surface area contributed by atoms with Crippen molar-refractivity contribution in [2.45, 2.75) is 18.0 Å². The van der Waals surface area contributed by atoms with Crippen molar-refractivity contribution >= 4 is 58.1 Å². The van der Waals surface area contributed by atoms with Crippen molar-refractivity contribution in [1.29, 1.82) is 5.26 Å². The van der Waals surface area contributed by atoms with Crippen molar-refractivity contribution < 1.29 is 19.5 Å². The van der Waals surface area contributed by atoms with Crippen LogP contribution in [0.5, 0.6) is 0 Å². The summed E-state index contributed by atoms with van der Waals surface area (Å²) >= 11 is 13.6. The lowest BCUT2D eigenvalue weighted by atomic mass is 9.81. The second-order valence-electron chi connectivity index (χ2n) is 8.73. The zero-order chi connectivity index (χ0) is 25.6. The normalized spacial score (nSPS) is 21.7. The van der Waals surface area contributed by atoms with Crippen LogP contribution in [0, 0.1) is 11.3 Å². The van der Waals surface area contributed by atoms with Gasteiger partial charge in [-0.25, -0.2) is 14.5 Å². The molecule has 8 nitrogen and oxygen atoms in total. The third-order valence-corrected chi connectivity index (χ3v) is 7.81. The highest BCUT2D eigenvalue weighted by Gasteiger charge is 2.60. The summed E-state index contributed by atoms with van der Waals surface area (Å²) in [5, 5.41) is 23.5. The fourth-order valence-corrected chi connectivity index (χ4v) is 6.29. The molecule has 1 aromatic heterocycles. The summed E-state index contributed by atoms with van der Waals surface area (Å²) in [5.41, 5.74) is 0.496. The number of thiophene rings is 1. The molecular weight excluding hydrogens is 523 g/mol. The van der Waals surface area contributed by atoms with Gasteiger partial charge >= 0.3 is 12.0 Å². The van der Waals surface area contributed by atoms with Crippen LogP contribution in [0.1, 0.15) is 32.3 Å². The number of imide groups is 1. The van der Waals surface area contributed by atoms with Crippen LogP contribution in [0.25, 0.3) is 0 Å². The van der Waals surface area contributed by atoms with E-state index in [1.807, 2.05) is 4.90 Å². The lowest BCUT2D eigenvalue weighted by molar-refractivity contribution is -0.122. The molecule has 0 bridgehead atoms. The first-order valence-electron chi connectivity index (χ1n) is 10.9. The van der Waals surface area contributed by atoms with Gasteiger partial charge < -0.3 is 10.4 Å². The number of carbonyl (C=O) groups is 3. The standard InChI is InChI=1S/C25H18Cl2N4O4S/c26-17-6-18(27)8-19(7-17)31-23(34)25(29-24(31)35)13-30(10-20-5-16(12-36-20)22(32)33)11-21(25)15-3-1-14(9-28)2-4-15/h1-8,12,21H,10-11,13H2,(H,29,35)(H,32,33)/t21-,25+/m0/s1. The molecule has 1 spiro atoms. The monoisotopic (exact) mass is 540 g/mol. The number of carbonyl (C=O) groups excluding carboxylic acids is 2. The Morgan fingerprint density at radius 2 is 1.86 bits per heavy atom. The van der Waals surface area contributed by atoms with Crippen LogP contribution in [0.4, 0.5) is 10.5 Å². The molecule has 2 saturated heterocycles. The van der Waals surface area contributed by atoms with Crippen molar-refractivity contribution in [1.82, 2.24) is 10.2 Å². The van der Waals surface area contributed by atoms with E-state index in [1.165, 1.54) is 29.5 Å². The Hall–Kier alpha value is -3.42. The second-order valence-corrected chi connectivity index (χ2v) is 10.6. The number of carboxylic acid groups (broad SMARTS) is 1. The van der Waals surface area contributed by atoms with Gasteiger partial charge in [-0.05, 0) is 42.0 Å². The highest BCUT2D eigenvalue weighted by Crippen LogP contribution is 2.43. The van der Waals surface area contributed by atoms with Crippen LogP contribution < -0.4 is 10.2 Å². The average Bonchev–Trinajstić information content (AvgIpc) is 3.50. The van der Waals surface area contributed by atoms with E-state index in [0.29, 0.717) is 28.7 Å². The molecule has 3 heterocycles. The Morgan fingerprint density at radius 1 is 1.17 bits per heavy atom. The number of aromatic carboxylic acids is 1. The number of likely N-dealkylation sites (tertiary alicyclic amines) is 1. The maximum atomic E-state index is 14.0. The highest BCUT2D eigenvalue weighted by atomic mass is 35.5. The fourth-order valence-electron chi connectivity index (χ4n) is 4.88. The van der Waals surface area contributed by atoms with Crippen molar-refractivity contribution in [3.8, 4) is 6.07 Å². The van der Waals surface area contributed by atoms with Gasteiger partial charge in [-0.15, -0.1) is 11.3 Å². The molecule has 0 saturated carbocycles. The van der Waals surface area contributed by atoms with E-state index in [1.54, 1.807) is 35.7 Å². The molecule has 2 aliphatic rings. The Bertz CT molecular complexity index is 1410. The lowest BCUT2D eigenvalue weighted by Crippen LogP contribution is -2.53. The quantitative estimate of drug-likeness (QED) is 0.452. The van der Waals surface area contributed by atoms with E-state index >= 15 is 0 Å². The van der Waals surface area contributed by atoms with Gasteiger partial charge in [0.2, 0.25) is 0 Å². The molecule has 2 fully saturated rings. The van der Waals surface area contributed by atoms with Gasteiger partial charge in [-0.2, -0.15) is 5.26 Å². The molecule has 0 aliphatic carbocycles. The summed E-state index contributed by atoms with van der Waals surface area (Å²) in [6, 6.07) is 14.6. The van der Waals surface area contributed by atoms with Gasteiger partial charge in [-0.1, -0.05) is 35.3 Å². The molecule has 2 atom stereocenters. The van der Waals surface area contributed by atoms with Gasteiger partial charge in [0.15, 0.2) is 0 Å². The molecular formula is C25H18Cl2N4O4S. The van der Waals surface area contributed by atoms with Crippen LogP contribution >= 0.6 is 34.5 Å². The molecule has 5 rings (SSSR count). The van der Waals surface area contributed by atoms with Crippen molar-refractivity contribution in [3.05, 3.63) is 85.5 Å². The van der Waals surface area contributed by atoms with E-state index in [2.05, 4.69) is 11.4 Å². The zero-order valence-electron chi connectivity index (χ0n) is 18.6. The van der Waals surface area contributed by atoms with E-state index in [0.717, 1.165) is 15.3 Å².